The first kappa shape index (κ1) is 24.0. The Balaban J connectivity index is 1.94. The van der Waals surface area contributed by atoms with E-state index < -0.39 is 5.41 Å². The number of nitrogens with one attached hydrogen (secondary N) is 1. The van der Waals surface area contributed by atoms with E-state index in [9.17, 15) is 14.9 Å². The second-order valence-corrected chi connectivity index (χ2v) is 9.29. The minimum atomic E-state index is -0.590. The lowest BCUT2D eigenvalue weighted by atomic mass is 9.95. The van der Waals surface area contributed by atoms with Gasteiger partial charge >= 0.3 is 0 Å². The van der Waals surface area contributed by atoms with Crippen LogP contribution in [0.25, 0.3) is 11.1 Å². The quantitative estimate of drug-likeness (QED) is 0.506. The molecule has 3 aromatic rings. The van der Waals surface area contributed by atoms with Crippen molar-refractivity contribution in [3.8, 4) is 17.2 Å². The average molecular weight is 442 g/mol. The maximum absolute atomic E-state index is 13.3. The molecule has 0 aliphatic rings. The summed E-state index contributed by atoms with van der Waals surface area (Å²) < 4.78 is 1.76. The van der Waals surface area contributed by atoms with Crippen molar-refractivity contribution in [2.24, 2.45) is 5.41 Å². The molecule has 3 rings (SSSR count). The standard InChI is InChI=1S/C28H31N3O2/c1-5-6-10-23-16-17-25(30-27(33)28(2,3)4)26(32)31(23)19-20-12-14-21(15-13-20)24-11-8-7-9-22(24)18-29/h7-9,11-17H,5-6,10,19H2,1-4H3,(H,30,33). The van der Waals surface area contributed by atoms with Crippen molar-refractivity contribution in [1.82, 2.24) is 4.57 Å². The molecule has 0 radical (unpaired) electrons. The molecular weight excluding hydrogens is 410 g/mol. The predicted octanol–water partition coefficient (Wildman–Crippen LogP) is 5.76. The molecule has 1 N–H and O–H groups in total. The number of carbonyl (C=O) groups is 1. The number of amides is 1. The van der Waals surface area contributed by atoms with Gasteiger partial charge in [-0.3, -0.25) is 9.59 Å². The number of nitrogens with zero attached hydrogens (tertiary/aromatic N) is 2. The van der Waals surface area contributed by atoms with E-state index in [0.717, 1.165) is 41.6 Å². The van der Waals surface area contributed by atoms with Crippen LogP contribution in [0.5, 0.6) is 0 Å². The molecule has 0 fully saturated rings. The Hall–Kier alpha value is -3.65. The number of aromatic nitrogens is 1. The summed E-state index contributed by atoms with van der Waals surface area (Å²) in [6.45, 7) is 8.00. The normalized spacial score (nSPS) is 11.1. The van der Waals surface area contributed by atoms with Crippen LogP contribution < -0.4 is 10.9 Å². The van der Waals surface area contributed by atoms with Gasteiger partial charge in [0, 0.05) is 11.1 Å². The molecular formula is C28H31N3O2. The zero-order chi connectivity index (χ0) is 24.0. The van der Waals surface area contributed by atoms with Gasteiger partial charge in [-0.15, -0.1) is 0 Å². The van der Waals surface area contributed by atoms with E-state index in [4.69, 9.17) is 0 Å². The second kappa shape index (κ2) is 10.3. The van der Waals surface area contributed by atoms with E-state index in [-0.39, 0.29) is 11.5 Å². The molecule has 33 heavy (non-hydrogen) atoms. The number of benzene rings is 2. The van der Waals surface area contributed by atoms with Gasteiger partial charge in [-0.1, -0.05) is 76.6 Å². The SMILES string of the molecule is CCCCc1ccc(NC(=O)C(C)(C)C)c(=O)n1Cc1ccc(-c2ccccc2C#N)cc1. The first-order valence-corrected chi connectivity index (χ1v) is 11.4. The summed E-state index contributed by atoms with van der Waals surface area (Å²) in [5.74, 6) is -0.187. The molecule has 170 valence electrons. The highest BCUT2D eigenvalue weighted by Crippen LogP contribution is 2.24. The summed E-state index contributed by atoms with van der Waals surface area (Å²) in [5.41, 5.74) is 3.93. The lowest BCUT2D eigenvalue weighted by molar-refractivity contribution is -0.123. The second-order valence-electron chi connectivity index (χ2n) is 9.29. The van der Waals surface area contributed by atoms with Crippen molar-refractivity contribution in [3.05, 3.63) is 87.8 Å². The maximum Gasteiger partial charge on any atom is 0.274 e. The monoisotopic (exact) mass is 441 g/mol. The third-order valence-corrected chi connectivity index (χ3v) is 5.63. The molecule has 1 heterocycles. The number of unbranched alkanes of at least 4 members (excludes halogenated alkanes) is 1. The Kier molecular flexibility index (Phi) is 7.50. The van der Waals surface area contributed by atoms with Crippen LogP contribution in [0.1, 0.15) is 57.4 Å². The number of aryl methyl sites for hydroxylation is 1. The van der Waals surface area contributed by atoms with Crippen molar-refractivity contribution >= 4 is 11.6 Å². The third kappa shape index (κ3) is 5.78. The molecule has 0 aliphatic heterocycles. The Morgan fingerprint density at radius 3 is 2.36 bits per heavy atom. The van der Waals surface area contributed by atoms with Crippen molar-refractivity contribution in [2.45, 2.75) is 53.5 Å². The van der Waals surface area contributed by atoms with Crippen LogP contribution in [0.15, 0.2) is 65.5 Å². The summed E-state index contributed by atoms with van der Waals surface area (Å²) in [4.78, 5) is 25.8. The molecule has 5 nitrogen and oxygen atoms in total. The van der Waals surface area contributed by atoms with Gasteiger partial charge in [-0.05, 0) is 47.7 Å². The Labute approximate surface area is 195 Å². The van der Waals surface area contributed by atoms with Crippen molar-refractivity contribution in [2.75, 3.05) is 5.32 Å². The van der Waals surface area contributed by atoms with E-state index in [1.807, 2.05) is 69.3 Å². The number of anilines is 1. The third-order valence-electron chi connectivity index (χ3n) is 5.63. The van der Waals surface area contributed by atoms with Crippen LogP contribution in [-0.2, 0) is 17.8 Å². The fraction of sp³-hybridized carbons (Fsp3) is 0.321. The van der Waals surface area contributed by atoms with Gasteiger partial charge in [0.15, 0.2) is 0 Å². The van der Waals surface area contributed by atoms with Gasteiger partial charge in [0.25, 0.3) is 5.56 Å². The summed E-state index contributed by atoms with van der Waals surface area (Å²) >= 11 is 0. The average Bonchev–Trinajstić information content (AvgIpc) is 2.80. The number of rotatable bonds is 7. The molecule has 1 amide bonds. The van der Waals surface area contributed by atoms with Crippen LogP contribution in [0.3, 0.4) is 0 Å². The molecule has 0 aliphatic carbocycles. The Bertz CT molecular complexity index is 1230. The van der Waals surface area contributed by atoms with E-state index in [1.54, 1.807) is 16.7 Å². The number of nitriles is 1. The van der Waals surface area contributed by atoms with Crippen LogP contribution in [0, 0.1) is 16.7 Å². The van der Waals surface area contributed by atoms with Gasteiger partial charge in [-0.2, -0.15) is 5.26 Å². The largest absolute Gasteiger partial charge is 0.321 e. The Morgan fingerprint density at radius 2 is 1.73 bits per heavy atom. The van der Waals surface area contributed by atoms with Crippen molar-refractivity contribution < 1.29 is 4.79 Å². The maximum atomic E-state index is 13.3. The van der Waals surface area contributed by atoms with Gasteiger partial charge in [-0.25, -0.2) is 0 Å². The number of hydrogen-bond acceptors (Lipinski definition) is 3. The summed E-state index contributed by atoms with van der Waals surface area (Å²) in [5, 5.41) is 12.2. The highest BCUT2D eigenvalue weighted by atomic mass is 16.2. The van der Waals surface area contributed by atoms with Gasteiger partial charge < -0.3 is 9.88 Å². The zero-order valence-electron chi connectivity index (χ0n) is 19.8. The fourth-order valence-corrected chi connectivity index (χ4v) is 3.58. The summed E-state index contributed by atoms with van der Waals surface area (Å²) in [6, 6.07) is 21.3. The van der Waals surface area contributed by atoms with E-state index in [0.29, 0.717) is 17.8 Å². The first-order chi connectivity index (χ1) is 15.7. The molecule has 0 unspecified atom stereocenters. The number of hydrogen-bond donors (Lipinski definition) is 1. The van der Waals surface area contributed by atoms with E-state index in [1.165, 1.54) is 0 Å². The molecule has 0 saturated heterocycles. The summed E-state index contributed by atoms with van der Waals surface area (Å²) in [6.07, 6.45) is 2.81. The van der Waals surface area contributed by atoms with Gasteiger partial charge in [0.1, 0.15) is 5.69 Å². The topological polar surface area (TPSA) is 74.9 Å². The highest BCUT2D eigenvalue weighted by molar-refractivity contribution is 5.94. The van der Waals surface area contributed by atoms with Crippen LogP contribution in [0.2, 0.25) is 0 Å². The first-order valence-electron chi connectivity index (χ1n) is 11.4. The fourth-order valence-electron chi connectivity index (χ4n) is 3.58. The Morgan fingerprint density at radius 1 is 1.03 bits per heavy atom. The zero-order valence-corrected chi connectivity index (χ0v) is 19.8. The van der Waals surface area contributed by atoms with Crippen LogP contribution in [0.4, 0.5) is 5.69 Å². The molecule has 1 aromatic heterocycles. The molecule has 0 spiro atoms. The van der Waals surface area contributed by atoms with Crippen molar-refractivity contribution in [1.29, 1.82) is 5.26 Å². The summed E-state index contributed by atoms with van der Waals surface area (Å²) in [7, 11) is 0. The minimum Gasteiger partial charge on any atom is -0.321 e. The molecule has 2 aromatic carbocycles. The molecule has 0 atom stereocenters. The van der Waals surface area contributed by atoms with Gasteiger partial charge in [0.05, 0.1) is 18.2 Å². The van der Waals surface area contributed by atoms with Gasteiger partial charge in [0.2, 0.25) is 5.91 Å². The highest BCUT2D eigenvalue weighted by Gasteiger charge is 2.22. The number of pyridine rings is 1. The molecule has 5 heteroatoms. The minimum absolute atomic E-state index is 0.187. The van der Waals surface area contributed by atoms with Crippen LogP contribution in [-0.4, -0.2) is 10.5 Å². The molecule has 0 bridgehead atoms. The lowest BCUT2D eigenvalue weighted by Crippen LogP contribution is -2.33. The lowest BCUT2D eigenvalue weighted by Gasteiger charge is -2.19. The molecule has 0 saturated carbocycles. The van der Waals surface area contributed by atoms with Crippen LogP contribution >= 0.6 is 0 Å². The van der Waals surface area contributed by atoms with E-state index >= 15 is 0 Å². The van der Waals surface area contributed by atoms with E-state index in [2.05, 4.69) is 18.3 Å². The number of carbonyl (C=O) groups excluding carboxylic acids is 1. The smallest absolute Gasteiger partial charge is 0.274 e. The predicted molar refractivity (Wildman–Crippen MR) is 133 cm³/mol. The van der Waals surface area contributed by atoms with Crippen molar-refractivity contribution in [3.63, 3.8) is 0 Å².